The van der Waals surface area contributed by atoms with Crippen molar-refractivity contribution in [3.05, 3.63) is 83.9 Å². The first-order valence-electron chi connectivity index (χ1n) is 15.5. The van der Waals surface area contributed by atoms with Gasteiger partial charge in [0.1, 0.15) is 0 Å². The third-order valence-corrected chi connectivity index (χ3v) is 7.53. The van der Waals surface area contributed by atoms with Gasteiger partial charge in [0, 0.05) is 5.97 Å². The number of benzene rings is 2. The minimum atomic E-state index is -1.08. The van der Waals surface area contributed by atoms with E-state index in [0.29, 0.717) is 33.9 Å². The molecule has 4 aromatic rings. The van der Waals surface area contributed by atoms with E-state index in [4.69, 9.17) is 19.9 Å². The Bertz CT molecular complexity index is 1470. The van der Waals surface area contributed by atoms with Crippen LogP contribution in [0.5, 0.6) is 11.5 Å². The summed E-state index contributed by atoms with van der Waals surface area (Å²) in [6, 6.07) is 22.9. The summed E-state index contributed by atoms with van der Waals surface area (Å²) < 4.78 is 0. The number of carboxylic acids is 1. The quantitative estimate of drug-likeness (QED) is 0.114. The zero-order valence-corrected chi connectivity index (χ0v) is 27.5. The maximum atomic E-state index is 13.4. The first kappa shape index (κ1) is 36.5. The van der Waals surface area contributed by atoms with Crippen LogP contribution in [0.2, 0.25) is 0 Å². The van der Waals surface area contributed by atoms with Crippen LogP contribution in [0.1, 0.15) is 96.1 Å². The van der Waals surface area contributed by atoms with Crippen LogP contribution in [-0.2, 0) is 28.3 Å². The number of hydrogen-bond donors (Lipinski definition) is 0. The molecule has 0 N–H and O–H groups in total. The number of hydrogen-bond acceptors (Lipinski definition) is 6. The summed E-state index contributed by atoms with van der Waals surface area (Å²) >= 11 is 0. The van der Waals surface area contributed by atoms with Crippen molar-refractivity contribution in [2.45, 2.75) is 91.4 Å². The number of rotatable bonds is 13. The molecule has 7 heteroatoms. The molecule has 0 saturated heterocycles. The van der Waals surface area contributed by atoms with Crippen LogP contribution >= 0.6 is 0 Å². The van der Waals surface area contributed by atoms with Crippen LogP contribution in [0, 0.1) is 0 Å². The maximum absolute atomic E-state index is 13.4. The van der Waals surface area contributed by atoms with E-state index in [9.17, 15) is 10.2 Å². The molecule has 0 bridgehead atoms. The van der Waals surface area contributed by atoms with E-state index in [0.717, 1.165) is 50.2 Å². The number of unbranched alkanes of at least 4 members (excludes halogenated alkanes) is 5. The number of para-hydroxylation sites is 2. The molecule has 0 spiro atoms. The first-order chi connectivity index (χ1) is 20.8. The van der Waals surface area contributed by atoms with Gasteiger partial charge in [0.25, 0.3) is 0 Å². The molecule has 232 valence electrons. The van der Waals surface area contributed by atoms with Gasteiger partial charge in [-0.25, -0.2) is 9.97 Å². The van der Waals surface area contributed by atoms with Gasteiger partial charge < -0.3 is 20.1 Å². The zero-order chi connectivity index (χ0) is 31.2. The van der Waals surface area contributed by atoms with Crippen molar-refractivity contribution < 1.29 is 37.2 Å². The number of aryl methyl sites for hydroxylation is 1. The third-order valence-electron chi connectivity index (χ3n) is 7.53. The predicted molar refractivity (Wildman–Crippen MR) is 168 cm³/mol. The number of aromatic nitrogens is 2. The molecule has 44 heavy (non-hydrogen) atoms. The summed E-state index contributed by atoms with van der Waals surface area (Å²) in [4.78, 5) is 18.6. The van der Waals surface area contributed by atoms with Crippen LogP contribution in [0.25, 0.3) is 33.9 Å². The molecular formula is C37H43MnN2O4. The number of carbonyl (C=O) groups is 1. The zero-order valence-electron chi connectivity index (χ0n) is 26.3. The second kappa shape index (κ2) is 18.9. The van der Waals surface area contributed by atoms with Gasteiger partial charge >= 0.3 is 17.1 Å². The van der Waals surface area contributed by atoms with Gasteiger partial charge in [0.2, 0.25) is 0 Å². The molecule has 6 nitrogen and oxygen atoms in total. The Morgan fingerprint density at radius 3 is 1.73 bits per heavy atom. The number of carboxylic acid groups (broad SMARTS) is 1. The second-order valence-electron chi connectivity index (χ2n) is 11.0. The Labute approximate surface area is 273 Å². The molecule has 1 atom stereocenters. The summed E-state index contributed by atoms with van der Waals surface area (Å²) in [5.41, 5.74) is 5.59. The van der Waals surface area contributed by atoms with Crippen molar-refractivity contribution in [1.82, 2.24) is 9.97 Å². The summed E-state index contributed by atoms with van der Waals surface area (Å²) in [6.07, 6.45) is 9.83. The molecule has 2 aromatic carbocycles. The maximum Gasteiger partial charge on any atom is 3.00 e. The summed E-state index contributed by atoms with van der Waals surface area (Å²) in [5.74, 6) is -0.755. The van der Waals surface area contributed by atoms with Gasteiger partial charge in [-0.15, -0.1) is 0 Å². The van der Waals surface area contributed by atoms with Crippen LogP contribution in [-0.4, -0.2) is 15.9 Å². The van der Waals surface area contributed by atoms with E-state index in [1.165, 1.54) is 25.7 Å². The minimum Gasteiger partial charge on any atom is -0.872 e. The second-order valence-corrected chi connectivity index (χ2v) is 11.0. The predicted octanol–water partition coefficient (Wildman–Crippen LogP) is 7.19. The number of carbonyl (C=O) groups excluding carboxylic acids is 1. The Morgan fingerprint density at radius 1 is 0.682 bits per heavy atom. The van der Waals surface area contributed by atoms with Gasteiger partial charge in [-0.2, -0.15) is 0 Å². The molecule has 0 aliphatic rings. The van der Waals surface area contributed by atoms with E-state index < -0.39 is 5.97 Å². The topological polar surface area (TPSA) is 112 Å². The van der Waals surface area contributed by atoms with Crippen molar-refractivity contribution in [2.75, 3.05) is 0 Å². The molecule has 0 aliphatic carbocycles. The van der Waals surface area contributed by atoms with Crippen molar-refractivity contribution in [2.24, 2.45) is 0 Å². The monoisotopic (exact) mass is 634 g/mol. The fourth-order valence-electron chi connectivity index (χ4n) is 5.18. The summed E-state index contributed by atoms with van der Waals surface area (Å²) in [5, 5.41) is 35.5. The van der Waals surface area contributed by atoms with Crippen molar-refractivity contribution in [3.63, 3.8) is 0 Å². The largest absolute Gasteiger partial charge is 3.00 e. The Hall–Kier alpha value is -3.67. The average molecular weight is 635 g/mol. The molecule has 2 aromatic heterocycles. The molecule has 1 unspecified atom stereocenters. The molecule has 0 aliphatic heterocycles. The van der Waals surface area contributed by atoms with Crippen molar-refractivity contribution in [3.8, 4) is 45.4 Å². The third kappa shape index (κ3) is 10.5. The molecule has 0 radical (unpaired) electrons. The normalized spacial score (nSPS) is 11.2. The molecule has 4 rings (SSSR count). The molecule has 2 heterocycles. The van der Waals surface area contributed by atoms with E-state index >= 15 is 0 Å². The Kier molecular flexibility index (Phi) is 15.7. The molecule has 0 fully saturated rings. The fourth-order valence-corrected chi connectivity index (χ4v) is 5.18. The van der Waals surface area contributed by atoms with E-state index in [1.54, 1.807) is 0 Å². The smallest absolute Gasteiger partial charge is 0.872 e. The first-order valence-corrected chi connectivity index (χ1v) is 15.5. The SMILES string of the molecule is CC(=O)[O-].CCCCCCc1cccc(-c2cccc(-c3cccc(-c4cccc(C(C)CCCCC)c4[O-])n3)n2)c1[O-].[Mn+3]. The van der Waals surface area contributed by atoms with Crippen LogP contribution in [0.3, 0.4) is 0 Å². The van der Waals surface area contributed by atoms with Crippen molar-refractivity contribution >= 4 is 5.97 Å². The Balaban J connectivity index is 0.00000127. The number of pyridine rings is 2. The average Bonchev–Trinajstić information content (AvgIpc) is 3.00. The van der Waals surface area contributed by atoms with Crippen LogP contribution < -0.4 is 15.3 Å². The van der Waals surface area contributed by atoms with E-state index in [2.05, 4.69) is 20.8 Å². The van der Waals surface area contributed by atoms with Gasteiger partial charge in [-0.1, -0.05) is 130 Å². The standard InChI is InChI=1S/C35H42N2O2.C2H4O2.Mn/c1-4-6-8-10-16-26-17-11-19-28(34(26)38)30-21-13-23-32(36-30)33-24-14-22-31(37-33)29-20-12-18-27(35(29)39)25(3)15-9-7-5-2;1-2(3)4;/h11-14,17-25,38-39H,4-10,15-16H2,1-3H3;1H3,(H,3,4);/q;;+3/p-3. The van der Waals surface area contributed by atoms with Crippen LogP contribution in [0.15, 0.2) is 72.8 Å². The molecule has 0 saturated carbocycles. The summed E-state index contributed by atoms with van der Waals surface area (Å²) in [7, 11) is 0. The van der Waals surface area contributed by atoms with Crippen molar-refractivity contribution in [1.29, 1.82) is 0 Å². The van der Waals surface area contributed by atoms with Gasteiger partial charge in [-0.3, -0.25) is 0 Å². The van der Waals surface area contributed by atoms with Gasteiger partial charge in [0.15, 0.2) is 0 Å². The van der Waals surface area contributed by atoms with Crippen LogP contribution in [0.4, 0.5) is 0 Å². The van der Waals surface area contributed by atoms with Gasteiger partial charge in [0.05, 0.1) is 22.8 Å². The van der Waals surface area contributed by atoms with Gasteiger partial charge in [-0.05, 0) is 67.5 Å². The Morgan fingerprint density at radius 2 is 1.16 bits per heavy atom. The minimum absolute atomic E-state index is 0. The van der Waals surface area contributed by atoms with E-state index in [1.807, 2.05) is 72.8 Å². The number of nitrogens with zero attached hydrogens (tertiary/aromatic N) is 2. The number of aliphatic carboxylic acids is 1. The summed E-state index contributed by atoms with van der Waals surface area (Å²) in [6.45, 7) is 7.50. The molecular weight excluding hydrogens is 591 g/mol. The fraction of sp³-hybridized carbons (Fsp3) is 0.378. The van der Waals surface area contributed by atoms with E-state index in [-0.39, 0.29) is 34.5 Å². The molecule has 0 amide bonds.